The van der Waals surface area contributed by atoms with E-state index in [0.717, 1.165) is 19.5 Å². The second-order valence-electron chi connectivity index (χ2n) is 6.34. The van der Waals surface area contributed by atoms with Gasteiger partial charge in [0.05, 0.1) is 12.1 Å². The van der Waals surface area contributed by atoms with Crippen molar-refractivity contribution in [3.05, 3.63) is 21.9 Å². The maximum atomic E-state index is 12.3. The fraction of sp³-hybridized carbons (Fsp3) is 0.667. The molecule has 1 fully saturated rings. The molecule has 0 unspecified atom stereocenters. The molecule has 0 aromatic carbocycles. The number of hydrogen-bond acceptors (Lipinski definition) is 4. The van der Waals surface area contributed by atoms with Gasteiger partial charge in [0, 0.05) is 31.1 Å². The minimum atomic E-state index is -0.595. The Bertz CT molecular complexity index is 506. The van der Waals surface area contributed by atoms with Crippen LogP contribution in [0.3, 0.4) is 0 Å². The molecule has 2 aliphatic rings. The van der Waals surface area contributed by atoms with Crippen molar-refractivity contribution in [1.29, 1.82) is 0 Å². The minimum absolute atomic E-state index is 0.188. The van der Waals surface area contributed by atoms with Gasteiger partial charge in [-0.1, -0.05) is 13.8 Å². The van der Waals surface area contributed by atoms with Gasteiger partial charge in [-0.05, 0) is 29.3 Å². The highest BCUT2D eigenvalue weighted by Gasteiger charge is 2.44. The maximum absolute atomic E-state index is 12.3. The van der Waals surface area contributed by atoms with Crippen LogP contribution in [0.2, 0.25) is 0 Å². The van der Waals surface area contributed by atoms with E-state index in [9.17, 15) is 9.90 Å². The smallest absolute Gasteiger partial charge is 0.237 e. The number of β-amino-alcohol motifs (C(OH)–C–C–N with tert-alkyl or cyclic N) is 1. The van der Waals surface area contributed by atoms with Crippen molar-refractivity contribution in [1.82, 2.24) is 9.80 Å². The number of aliphatic hydroxyl groups is 1. The SMILES string of the molecule is CC(C)C1(O)CN(CC(=O)N2CCc3sccc3C2)C1. The molecule has 1 saturated heterocycles. The van der Waals surface area contributed by atoms with Crippen LogP contribution in [0.15, 0.2) is 11.4 Å². The summed E-state index contributed by atoms with van der Waals surface area (Å²) >= 11 is 1.79. The molecular weight excluding hydrogens is 272 g/mol. The summed E-state index contributed by atoms with van der Waals surface area (Å²) in [5.74, 6) is 0.435. The van der Waals surface area contributed by atoms with Crippen LogP contribution in [0.25, 0.3) is 0 Å². The highest BCUT2D eigenvalue weighted by molar-refractivity contribution is 7.10. The number of amides is 1. The quantitative estimate of drug-likeness (QED) is 0.915. The molecule has 0 aliphatic carbocycles. The summed E-state index contributed by atoms with van der Waals surface area (Å²) in [6.07, 6.45) is 0.981. The van der Waals surface area contributed by atoms with Crippen LogP contribution in [-0.2, 0) is 17.8 Å². The number of hydrogen-bond donors (Lipinski definition) is 1. The number of carbonyl (C=O) groups excluding carboxylic acids is 1. The highest BCUT2D eigenvalue weighted by atomic mass is 32.1. The number of carbonyl (C=O) groups is 1. The van der Waals surface area contributed by atoms with Gasteiger partial charge < -0.3 is 10.0 Å². The van der Waals surface area contributed by atoms with Crippen LogP contribution in [-0.4, -0.2) is 52.6 Å². The summed E-state index contributed by atoms with van der Waals surface area (Å²) < 4.78 is 0. The molecule has 0 saturated carbocycles. The standard InChI is InChI=1S/C15H22N2O2S/c1-11(2)15(19)9-16(10-15)8-14(18)17-5-3-13-12(7-17)4-6-20-13/h4,6,11,19H,3,5,7-10H2,1-2H3. The van der Waals surface area contributed by atoms with Crippen LogP contribution in [0.1, 0.15) is 24.3 Å². The average molecular weight is 294 g/mol. The Morgan fingerprint density at radius 1 is 1.50 bits per heavy atom. The number of nitrogens with zero attached hydrogens (tertiary/aromatic N) is 2. The first-order valence-electron chi connectivity index (χ1n) is 7.26. The Morgan fingerprint density at radius 3 is 2.95 bits per heavy atom. The minimum Gasteiger partial charge on any atom is -0.387 e. The monoisotopic (exact) mass is 294 g/mol. The third-order valence-corrected chi connectivity index (χ3v) is 5.61. The molecule has 1 N–H and O–H groups in total. The Kier molecular flexibility index (Phi) is 3.60. The van der Waals surface area contributed by atoms with E-state index in [4.69, 9.17) is 0 Å². The molecule has 3 rings (SSSR count). The van der Waals surface area contributed by atoms with Crippen molar-refractivity contribution >= 4 is 17.2 Å². The van der Waals surface area contributed by atoms with Gasteiger partial charge >= 0.3 is 0 Å². The molecule has 20 heavy (non-hydrogen) atoms. The number of rotatable bonds is 3. The number of thiophene rings is 1. The number of likely N-dealkylation sites (tertiary alicyclic amines) is 1. The van der Waals surface area contributed by atoms with Crippen LogP contribution in [0, 0.1) is 5.92 Å². The Morgan fingerprint density at radius 2 is 2.25 bits per heavy atom. The molecule has 3 heterocycles. The molecule has 110 valence electrons. The van der Waals surface area contributed by atoms with Crippen molar-refractivity contribution in [3.63, 3.8) is 0 Å². The Hall–Kier alpha value is -0.910. The first kappa shape index (κ1) is 14.0. The van der Waals surface area contributed by atoms with Gasteiger partial charge in [0.25, 0.3) is 0 Å². The van der Waals surface area contributed by atoms with E-state index in [-0.39, 0.29) is 11.8 Å². The summed E-state index contributed by atoms with van der Waals surface area (Å²) in [6.45, 7) is 7.31. The largest absolute Gasteiger partial charge is 0.387 e. The van der Waals surface area contributed by atoms with E-state index in [1.165, 1.54) is 10.4 Å². The van der Waals surface area contributed by atoms with E-state index in [0.29, 0.717) is 19.6 Å². The van der Waals surface area contributed by atoms with Crippen LogP contribution >= 0.6 is 11.3 Å². The summed E-state index contributed by atoms with van der Waals surface area (Å²) in [4.78, 5) is 17.7. The van der Waals surface area contributed by atoms with Crippen LogP contribution in [0.4, 0.5) is 0 Å². The molecule has 1 aromatic heterocycles. The molecular formula is C15H22N2O2S. The fourth-order valence-corrected chi connectivity index (χ4v) is 3.85. The summed E-state index contributed by atoms with van der Waals surface area (Å²) in [5, 5.41) is 12.3. The predicted molar refractivity (Wildman–Crippen MR) is 79.7 cm³/mol. The fourth-order valence-electron chi connectivity index (χ4n) is 2.96. The van der Waals surface area contributed by atoms with Gasteiger partial charge in [0.2, 0.25) is 5.91 Å². The molecule has 1 amide bonds. The molecule has 0 bridgehead atoms. The van der Waals surface area contributed by atoms with Crippen molar-refractivity contribution in [2.75, 3.05) is 26.2 Å². The topological polar surface area (TPSA) is 43.8 Å². The Balaban J connectivity index is 1.52. The molecule has 4 nitrogen and oxygen atoms in total. The van der Waals surface area contributed by atoms with Crippen molar-refractivity contribution in [3.8, 4) is 0 Å². The first-order valence-corrected chi connectivity index (χ1v) is 8.14. The maximum Gasteiger partial charge on any atom is 0.237 e. The van der Waals surface area contributed by atoms with Gasteiger partial charge in [-0.2, -0.15) is 0 Å². The van der Waals surface area contributed by atoms with E-state index in [2.05, 4.69) is 11.4 Å². The van der Waals surface area contributed by atoms with E-state index >= 15 is 0 Å². The normalized spacial score (nSPS) is 21.7. The second-order valence-corrected chi connectivity index (χ2v) is 7.34. The van der Waals surface area contributed by atoms with Crippen molar-refractivity contribution < 1.29 is 9.90 Å². The van der Waals surface area contributed by atoms with Crippen LogP contribution < -0.4 is 0 Å². The Labute approximate surface area is 124 Å². The van der Waals surface area contributed by atoms with E-state index < -0.39 is 5.60 Å². The third-order valence-electron chi connectivity index (χ3n) is 4.59. The molecule has 1 aromatic rings. The van der Waals surface area contributed by atoms with Gasteiger partial charge in [-0.25, -0.2) is 0 Å². The van der Waals surface area contributed by atoms with E-state index in [1.54, 1.807) is 11.3 Å². The molecule has 0 radical (unpaired) electrons. The second kappa shape index (κ2) is 5.13. The zero-order valence-electron chi connectivity index (χ0n) is 12.1. The lowest BCUT2D eigenvalue weighted by Gasteiger charge is -2.49. The van der Waals surface area contributed by atoms with Crippen LogP contribution in [0.5, 0.6) is 0 Å². The van der Waals surface area contributed by atoms with Gasteiger partial charge in [0.1, 0.15) is 0 Å². The summed E-state index contributed by atoms with van der Waals surface area (Å²) in [6, 6.07) is 2.13. The predicted octanol–water partition coefficient (Wildman–Crippen LogP) is 1.34. The van der Waals surface area contributed by atoms with Gasteiger partial charge in [0.15, 0.2) is 0 Å². The molecule has 5 heteroatoms. The lowest BCUT2D eigenvalue weighted by atomic mass is 9.83. The van der Waals surface area contributed by atoms with E-state index in [1.807, 2.05) is 23.6 Å². The summed E-state index contributed by atoms with van der Waals surface area (Å²) in [5.41, 5.74) is 0.708. The summed E-state index contributed by atoms with van der Waals surface area (Å²) in [7, 11) is 0. The molecule has 0 atom stereocenters. The number of fused-ring (bicyclic) bond motifs is 1. The lowest BCUT2D eigenvalue weighted by Crippen LogP contribution is -2.65. The van der Waals surface area contributed by atoms with Gasteiger partial charge in [-0.3, -0.25) is 9.69 Å². The molecule has 0 spiro atoms. The zero-order chi connectivity index (χ0) is 14.3. The van der Waals surface area contributed by atoms with Gasteiger partial charge in [-0.15, -0.1) is 11.3 Å². The zero-order valence-corrected chi connectivity index (χ0v) is 12.9. The molecule has 2 aliphatic heterocycles. The first-order chi connectivity index (χ1) is 9.48. The van der Waals surface area contributed by atoms with Crippen molar-refractivity contribution in [2.24, 2.45) is 5.92 Å². The van der Waals surface area contributed by atoms with Crippen molar-refractivity contribution in [2.45, 2.75) is 32.4 Å². The lowest BCUT2D eigenvalue weighted by molar-refractivity contribution is -0.149. The average Bonchev–Trinajstić information content (AvgIpc) is 2.83. The third kappa shape index (κ3) is 2.50. The highest BCUT2D eigenvalue weighted by Crippen LogP contribution is 2.29.